The van der Waals surface area contributed by atoms with Crippen molar-refractivity contribution < 1.29 is 14.7 Å². The van der Waals surface area contributed by atoms with Gasteiger partial charge in [-0.1, -0.05) is 30.3 Å². The first-order chi connectivity index (χ1) is 12.5. The summed E-state index contributed by atoms with van der Waals surface area (Å²) >= 11 is 0. The van der Waals surface area contributed by atoms with E-state index in [1.807, 2.05) is 38.1 Å². The number of benzene rings is 1. The van der Waals surface area contributed by atoms with E-state index in [2.05, 4.69) is 22.8 Å². The molecule has 1 aliphatic carbocycles. The number of hydroxylamine groups is 2. The second-order valence-corrected chi connectivity index (χ2v) is 7.63. The van der Waals surface area contributed by atoms with Crippen molar-refractivity contribution in [1.29, 1.82) is 0 Å². The van der Waals surface area contributed by atoms with E-state index in [0.717, 1.165) is 24.2 Å². The Morgan fingerprint density at radius 1 is 1.31 bits per heavy atom. The molecule has 2 aliphatic heterocycles. The molecule has 26 heavy (non-hydrogen) atoms. The fraction of sp³-hybridized carbons (Fsp3) is 0.450. The van der Waals surface area contributed by atoms with Gasteiger partial charge in [0.25, 0.3) is 0 Å². The Morgan fingerprint density at radius 2 is 2.08 bits per heavy atom. The van der Waals surface area contributed by atoms with E-state index in [4.69, 9.17) is 4.74 Å². The third-order valence-corrected chi connectivity index (χ3v) is 5.29. The Hall–Kier alpha value is -1.99. The summed E-state index contributed by atoms with van der Waals surface area (Å²) in [5.74, 6) is -0.0207. The first kappa shape index (κ1) is 17.4. The lowest BCUT2D eigenvalue weighted by Gasteiger charge is -2.40. The molecule has 3 atom stereocenters. The highest BCUT2D eigenvalue weighted by atomic mass is 16.5. The fourth-order valence-corrected chi connectivity index (χ4v) is 4.04. The van der Waals surface area contributed by atoms with Crippen LogP contribution < -0.4 is 10.6 Å². The monoisotopic (exact) mass is 355 g/mol. The van der Waals surface area contributed by atoms with Crippen molar-refractivity contribution in [2.75, 3.05) is 13.2 Å². The van der Waals surface area contributed by atoms with E-state index in [0.29, 0.717) is 0 Å². The van der Waals surface area contributed by atoms with Crippen LogP contribution in [0.5, 0.6) is 0 Å². The lowest BCUT2D eigenvalue weighted by atomic mass is 9.85. The van der Waals surface area contributed by atoms with Gasteiger partial charge in [0, 0.05) is 5.70 Å². The Labute approximate surface area is 153 Å². The van der Waals surface area contributed by atoms with Crippen molar-refractivity contribution in [1.82, 2.24) is 15.7 Å². The predicted octanol–water partition coefficient (Wildman–Crippen LogP) is 1.38. The minimum absolute atomic E-state index is 0.0207. The minimum Gasteiger partial charge on any atom is -0.368 e. The number of nitrogens with one attached hydrogen (secondary N) is 2. The van der Waals surface area contributed by atoms with Crippen molar-refractivity contribution in [2.45, 2.75) is 44.1 Å². The van der Waals surface area contributed by atoms with Gasteiger partial charge in [0.15, 0.2) is 5.78 Å². The van der Waals surface area contributed by atoms with Gasteiger partial charge in [-0.2, -0.15) is 5.06 Å². The van der Waals surface area contributed by atoms with Crippen LogP contribution in [0.2, 0.25) is 0 Å². The van der Waals surface area contributed by atoms with Gasteiger partial charge in [0.05, 0.1) is 12.1 Å². The number of nitrogens with zero attached hydrogens (tertiary/aromatic N) is 1. The Balaban J connectivity index is 1.57. The molecule has 0 aromatic heterocycles. The highest BCUT2D eigenvalue weighted by Crippen LogP contribution is 2.37. The van der Waals surface area contributed by atoms with Crippen molar-refractivity contribution >= 4 is 5.78 Å². The quantitative estimate of drug-likeness (QED) is 0.758. The van der Waals surface area contributed by atoms with Gasteiger partial charge in [0.2, 0.25) is 0 Å². The average Bonchev–Trinajstić information content (AvgIpc) is 2.84. The molecule has 1 unspecified atom stereocenters. The minimum atomic E-state index is -0.575. The summed E-state index contributed by atoms with van der Waals surface area (Å²) < 4.78 is 5.84. The molecule has 1 saturated heterocycles. The number of carbonyl (C=O) groups is 1. The molecule has 1 fully saturated rings. The SMILES string of the molecule is CC1(C)NC2=CC3=CC(=O)CO[C@@H]3C(NCCc3ccccc3)[C@H]2N1O. The van der Waals surface area contributed by atoms with Crippen LogP contribution in [-0.4, -0.2) is 53.1 Å². The Bertz CT molecular complexity index is 757. The molecular formula is C20H25N3O3. The third-order valence-electron chi connectivity index (χ3n) is 5.29. The molecule has 0 amide bonds. The first-order valence-corrected chi connectivity index (χ1v) is 9.07. The summed E-state index contributed by atoms with van der Waals surface area (Å²) in [6, 6.07) is 9.91. The number of hydrogen-bond acceptors (Lipinski definition) is 6. The van der Waals surface area contributed by atoms with E-state index < -0.39 is 5.66 Å². The van der Waals surface area contributed by atoms with Crippen molar-refractivity contribution in [3.63, 3.8) is 0 Å². The topological polar surface area (TPSA) is 73.8 Å². The lowest BCUT2D eigenvalue weighted by molar-refractivity contribution is -0.178. The number of ketones is 1. The van der Waals surface area contributed by atoms with Gasteiger partial charge in [-0.25, -0.2) is 0 Å². The zero-order valence-corrected chi connectivity index (χ0v) is 15.1. The summed E-state index contributed by atoms with van der Waals surface area (Å²) in [5.41, 5.74) is 2.46. The molecule has 3 N–H and O–H groups in total. The summed E-state index contributed by atoms with van der Waals surface area (Å²) in [7, 11) is 0. The number of rotatable bonds is 4. The first-order valence-electron chi connectivity index (χ1n) is 9.07. The third kappa shape index (κ3) is 3.10. The molecule has 0 radical (unpaired) electrons. The largest absolute Gasteiger partial charge is 0.368 e. The second kappa shape index (κ2) is 6.63. The fourth-order valence-electron chi connectivity index (χ4n) is 4.04. The highest BCUT2D eigenvalue weighted by Gasteiger charge is 2.51. The number of hydrogen-bond donors (Lipinski definition) is 3. The summed E-state index contributed by atoms with van der Waals surface area (Å²) in [4.78, 5) is 11.8. The normalized spacial score (nSPS) is 30.1. The molecular weight excluding hydrogens is 330 g/mol. The van der Waals surface area contributed by atoms with Gasteiger partial charge in [0.1, 0.15) is 18.4 Å². The summed E-state index contributed by atoms with van der Waals surface area (Å²) in [6.45, 7) is 4.70. The molecule has 0 saturated carbocycles. The molecule has 3 aliphatic rings. The zero-order valence-electron chi connectivity index (χ0n) is 15.1. The molecule has 6 nitrogen and oxygen atoms in total. The molecule has 138 valence electrons. The maximum Gasteiger partial charge on any atom is 0.181 e. The van der Waals surface area contributed by atoms with Crippen molar-refractivity contribution in [2.24, 2.45) is 0 Å². The van der Waals surface area contributed by atoms with Gasteiger partial charge in [-0.3, -0.25) is 4.79 Å². The van der Waals surface area contributed by atoms with E-state index in [1.165, 1.54) is 10.6 Å². The van der Waals surface area contributed by atoms with Crippen molar-refractivity contribution in [3.8, 4) is 0 Å². The van der Waals surface area contributed by atoms with Crippen LogP contribution in [0.25, 0.3) is 0 Å². The van der Waals surface area contributed by atoms with Crippen LogP contribution in [0.1, 0.15) is 19.4 Å². The maximum atomic E-state index is 11.8. The van der Waals surface area contributed by atoms with E-state index >= 15 is 0 Å². The predicted molar refractivity (Wildman–Crippen MR) is 97.5 cm³/mol. The molecule has 2 heterocycles. The number of fused-ring (bicyclic) bond motifs is 2. The molecule has 1 aromatic rings. The van der Waals surface area contributed by atoms with Gasteiger partial charge < -0.3 is 20.6 Å². The van der Waals surface area contributed by atoms with Crippen LogP contribution in [0, 0.1) is 0 Å². The Morgan fingerprint density at radius 3 is 2.85 bits per heavy atom. The molecule has 4 rings (SSSR count). The van der Waals surface area contributed by atoms with Gasteiger partial charge >= 0.3 is 0 Å². The van der Waals surface area contributed by atoms with Crippen LogP contribution in [0.15, 0.2) is 53.8 Å². The van der Waals surface area contributed by atoms with Crippen LogP contribution >= 0.6 is 0 Å². The number of carbonyl (C=O) groups excluding carboxylic acids is 1. The zero-order chi connectivity index (χ0) is 18.3. The second-order valence-electron chi connectivity index (χ2n) is 7.63. The standard InChI is InChI=1S/C20H25N3O3/c1-20(2)22-16-11-14-10-15(24)12-26-19(14)17(18(16)23(20)25)21-9-8-13-6-4-3-5-7-13/h3-7,10-11,17-19,21-22,25H,8-9,12H2,1-2H3/t17?,18-,19-/m0/s1. The summed E-state index contributed by atoms with van der Waals surface area (Å²) in [5, 5.41) is 19.0. The van der Waals surface area contributed by atoms with Gasteiger partial charge in [-0.05, 0) is 50.1 Å². The maximum absolute atomic E-state index is 11.8. The average molecular weight is 355 g/mol. The smallest absolute Gasteiger partial charge is 0.181 e. The lowest BCUT2D eigenvalue weighted by Crippen LogP contribution is -2.59. The molecule has 1 aromatic carbocycles. The van der Waals surface area contributed by atoms with Crippen LogP contribution in [-0.2, 0) is 16.0 Å². The highest BCUT2D eigenvalue weighted by molar-refractivity contribution is 5.93. The molecule has 6 heteroatoms. The van der Waals surface area contributed by atoms with E-state index in [-0.39, 0.29) is 30.6 Å². The molecule has 0 bridgehead atoms. The van der Waals surface area contributed by atoms with E-state index in [9.17, 15) is 10.0 Å². The van der Waals surface area contributed by atoms with Crippen LogP contribution in [0.4, 0.5) is 0 Å². The summed E-state index contributed by atoms with van der Waals surface area (Å²) in [6.07, 6.45) is 4.25. The number of ether oxygens (including phenoxy) is 1. The Kier molecular flexibility index (Phi) is 4.44. The van der Waals surface area contributed by atoms with Crippen LogP contribution in [0.3, 0.4) is 0 Å². The van der Waals surface area contributed by atoms with Gasteiger partial charge in [-0.15, -0.1) is 0 Å². The molecule has 0 spiro atoms. The van der Waals surface area contributed by atoms with E-state index in [1.54, 1.807) is 6.08 Å². The van der Waals surface area contributed by atoms with Crippen molar-refractivity contribution in [3.05, 3.63) is 59.3 Å².